The van der Waals surface area contributed by atoms with Crippen LogP contribution in [0, 0.1) is 0 Å². The number of allylic oxidation sites excluding steroid dienone is 5. The van der Waals surface area contributed by atoms with Crippen molar-refractivity contribution < 1.29 is 9.53 Å². The quantitative estimate of drug-likeness (QED) is 0.638. The van der Waals surface area contributed by atoms with Crippen LogP contribution in [-0.2, 0) is 17.8 Å². The Kier molecular flexibility index (Phi) is 8.22. The van der Waals surface area contributed by atoms with Crippen molar-refractivity contribution in [3.05, 3.63) is 88.4 Å². The second-order valence-electron chi connectivity index (χ2n) is 7.05. The third-order valence-corrected chi connectivity index (χ3v) is 5.40. The molecule has 152 valence electrons. The number of aromatic nitrogens is 1. The fraction of sp³-hybridized carbons (Fsp3) is 0.304. The summed E-state index contributed by atoms with van der Waals surface area (Å²) in [6.45, 7) is 0.232. The van der Waals surface area contributed by atoms with Gasteiger partial charge < -0.3 is 15.8 Å². The number of rotatable bonds is 9. The number of benzene rings is 1. The summed E-state index contributed by atoms with van der Waals surface area (Å²) in [5.74, 6) is 0. The molecule has 1 aromatic carbocycles. The van der Waals surface area contributed by atoms with Crippen LogP contribution in [0.25, 0.3) is 0 Å². The van der Waals surface area contributed by atoms with Gasteiger partial charge in [0, 0.05) is 12.2 Å². The van der Waals surface area contributed by atoms with Crippen LogP contribution in [0.5, 0.6) is 0 Å². The predicted molar refractivity (Wildman–Crippen MR) is 118 cm³/mol. The van der Waals surface area contributed by atoms with Crippen LogP contribution in [0.3, 0.4) is 0 Å². The lowest BCUT2D eigenvalue weighted by Gasteiger charge is -2.19. The third kappa shape index (κ3) is 7.68. The Morgan fingerprint density at radius 3 is 2.86 bits per heavy atom. The van der Waals surface area contributed by atoms with E-state index in [0.717, 1.165) is 30.6 Å². The van der Waals surface area contributed by atoms with E-state index in [-0.39, 0.29) is 18.7 Å². The normalized spacial score (nSPS) is 16.5. The second kappa shape index (κ2) is 11.3. The van der Waals surface area contributed by atoms with Crippen molar-refractivity contribution in [1.29, 1.82) is 0 Å². The van der Waals surface area contributed by atoms with E-state index in [0.29, 0.717) is 0 Å². The molecule has 2 unspecified atom stereocenters. The molecule has 0 spiro atoms. The van der Waals surface area contributed by atoms with Crippen molar-refractivity contribution in [3.63, 3.8) is 0 Å². The van der Waals surface area contributed by atoms with Gasteiger partial charge in [0.05, 0.1) is 16.4 Å². The van der Waals surface area contributed by atoms with Gasteiger partial charge in [-0.1, -0.05) is 60.7 Å². The number of nitrogens with one attached hydrogen (secondary N) is 1. The zero-order chi connectivity index (χ0) is 20.3. The van der Waals surface area contributed by atoms with Crippen molar-refractivity contribution in [1.82, 2.24) is 10.3 Å². The van der Waals surface area contributed by atoms with Crippen LogP contribution in [-0.4, -0.2) is 23.2 Å². The third-order valence-electron chi connectivity index (χ3n) is 4.65. The Morgan fingerprint density at radius 2 is 2.14 bits per heavy atom. The van der Waals surface area contributed by atoms with Crippen molar-refractivity contribution in [2.45, 2.75) is 44.4 Å². The van der Waals surface area contributed by atoms with Gasteiger partial charge in [-0.3, -0.25) is 4.98 Å². The molecule has 3 N–H and O–H groups in total. The fourth-order valence-electron chi connectivity index (χ4n) is 3.16. The van der Waals surface area contributed by atoms with Gasteiger partial charge in [-0.25, -0.2) is 4.79 Å². The van der Waals surface area contributed by atoms with Crippen LogP contribution in [0.2, 0.25) is 0 Å². The summed E-state index contributed by atoms with van der Waals surface area (Å²) >= 11 is 1.47. The molecule has 0 bridgehead atoms. The molecule has 1 amide bonds. The minimum atomic E-state index is -0.424. The Bertz CT molecular complexity index is 844. The number of amides is 1. The number of alkyl carbamates (subject to hydrolysis) is 1. The molecule has 29 heavy (non-hydrogen) atoms. The number of hydrogen-bond acceptors (Lipinski definition) is 5. The van der Waals surface area contributed by atoms with Gasteiger partial charge in [0.2, 0.25) is 0 Å². The van der Waals surface area contributed by atoms with Gasteiger partial charge >= 0.3 is 6.09 Å². The molecule has 2 aromatic rings. The Labute approximate surface area is 176 Å². The predicted octanol–water partition coefficient (Wildman–Crippen LogP) is 4.53. The fourth-order valence-corrected chi connectivity index (χ4v) is 3.67. The van der Waals surface area contributed by atoms with E-state index in [9.17, 15) is 4.79 Å². The standard InChI is InChI=1S/C23H27N3O2S/c24-20(13-18-7-3-1-4-8-18)11-12-21(14-19-9-5-2-6-10-19)26-23(27)28-16-22-15-25-17-29-22/h1-9,14-15,17,20-21H,10-13,16,24H2,(H,26,27). The summed E-state index contributed by atoms with van der Waals surface area (Å²) in [6.07, 6.45) is 14.8. The van der Waals surface area contributed by atoms with Crippen molar-refractivity contribution in [3.8, 4) is 0 Å². The van der Waals surface area contributed by atoms with Crippen LogP contribution in [0.15, 0.2) is 78.0 Å². The molecule has 0 radical (unpaired) electrons. The molecule has 1 aliphatic rings. The Balaban J connectivity index is 1.54. The molecule has 0 fully saturated rings. The maximum Gasteiger partial charge on any atom is 0.407 e. The topological polar surface area (TPSA) is 77.2 Å². The minimum Gasteiger partial charge on any atom is -0.444 e. The maximum atomic E-state index is 12.3. The average molecular weight is 410 g/mol. The number of nitrogens with zero attached hydrogens (tertiary/aromatic N) is 1. The van der Waals surface area contributed by atoms with Crippen LogP contribution in [0.4, 0.5) is 4.79 Å². The first kappa shape index (κ1) is 21.0. The molecule has 1 aromatic heterocycles. The first-order valence-corrected chi connectivity index (χ1v) is 10.7. The van der Waals surface area contributed by atoms with Gasteiger partial charge in [0.15, 0.2) is 0 Å². The van der Waals surface area contributed by atoms with Crippen molar-refractivity contribution in [2.75, 3.05) is 0 Å². The maximum absolute atomic E-state index is 12.3. The highest BCUT2D eigenvalue weighted by Gasteiger charge is 2.15. The first-order chi connectivity index (χ1) is 14.2. The summed E-state index contributed by atoms with van der Waals surface area (Å²) in [5, 5.41) is 2.98. The van der Waals surface area contributed by atoms with Gasteiger partial charge in [-0.05, 0) is 36.8 Å². The summed E-state index contributed by atoms with van der Waals surface area (Å²) in [4.78, 5) is 17.2. The van der Waals surface area contributed by atoms with Gasteiger partial charge in [0.1, 0.15) is 6.61 Å². The Morgan fingerprint density at radius 1 is 1.28 bits per heavy atom. The SMILES string of the molecule is NC(CCC(C=C1C=CC=CC1)NC(=O)OCc1cncs1)Cc1ccccc1. The first-order valence-electron chi connectivity index (χ1n) is 9.83. The highest BCUT2D eigenvalue weighted by molar-refractivity contribution is 7.09. The molecule has 3 rings (SSSR count). The van der Waals surface area contributed by atoms with E-state index in [4.69, 9.17) is 10.5 Å². The number of carbonyl (C=O) groups is 1. The zero-order valence-electron chi connectivity index (χ0n) is 16.4. The number of hydrogen-bond donors (Lipinski definition) is 2. The smallest absolute Gasteiger partial charge is 0.407 e. The lowest BCUT2D eigenvalue weighted by molar-refractivity contribution is 0.138. The minimum absolute atomic E-state index is 0.0371. The molecule has 0 aliphatic heterocycles. The zero-order valence-corrected chi connectivity index (χ0v) is 17.2. The molecule has 0 saturated carbocycles. The van der Waals surface area contributed by atoms with E-state index < -0.39 is 6.09 Å². The summed E-state index contributed by atoms with van der Waals surface area (Å²) in [7, 11) is 0. The van der Waals surface area contributed by atoms with E-state index in [1.165, 1.54) is 22.5 Å². The van der Waals surface area contributed by atoms with Crippen LogP contribution in [0.1, 0.15) is 29.7 Å². The number of thiazole rings is 1. The molecular formula is C23H27N3O2S. The van der Waals surface area contributed by atoms with Gasteiger partial charge in [-0.2, -0.15) is 0 Å². The highest BCUT2D eigenvalue weighted by atomic mass is 32.1. The molecule has 1 aliphatic carbocycles. The van der Waals surface area contributed by atoms with E-state index in [2.05, 4.69) is 40.7 Å². The monoisotopic (exact) mass is 409 g/mol. The number of nitrogens with two attached hydrogens (primary N) is 1. The molecule has 0 saturated heterocycles. The number of ether oxygens (including phenoxy) is 1. The summed E-state index contributed by atoms with van der Waals surface area (Å²) < 4.78 is 5.34. The van der Waals surface area contributed by atoms with Crippen LogP contribution >= 0.6 is 11.3 Å². The van der Waals surface area contributed by atoms with Crippen molar-refractivity contribution >= 4 is 17.4 Å². The van der Waals surface area contributed by atoms with E-state index in [1.807, 2.05) is 30.4 Å². The molecular weight excluding hydrogens is 382 g/mol. The molecule has 2 atom stereocenters. The molecule has 1 heterocycles. The Hall–Kier alpha value is -2.70. The largest absolute Gasteiger partial charge is 0.444 e. The lowest BCUT2D eigenvalue weighted by Crippen LogP contribution is -2.36. The number of carbonyl (C=O) groups excluding carboxylic acids is 1. The second-order valence-corrected chi connectivity index (χ2v) is 8.03. The summed E-state index contributed by atoms with van der Waals surface area (Å²) in [5.41, 5.74) is 10.5. The van der Waals surface area contributed by atoms with E-state index >= 15 is 0 Å². The molecule has 6 heteroatoms. The van der Waals surface area contributed by atoms with Crippen molar-refractivity contribution in [2.24, 2.45) is 5.73 Å². The molecule has 5 nitrogen and oxygen atoms in total. The van der Waals surface area contributed by atoms with Crippen LogP contribution < -0.4 is 11.1 Å². The highest BCUT2D eigenvalue weighted by Crippen LogP contribution is 2.15. The van der Waals surface area contributed by atoms with Gasteiger partial charge in [0.25, 0.3) is 0 Å². The average Bonchev–Trinajstić information content (AvgIpc) is 3.26. The summed E-state index contributed by atoms with van der Waals surface area (Å²) in [6, 6.07) is 10.1. The van der Waals surface area contributed by atoms with Gasteiger partial charge in [-0.15, -0.1) is 11.3 Å². The lowest BCUT2D eigenvalue weighted by atomic mass is 9.98. The van der Waals surface area contributed by atoms with E-state index in [1.54, 1.807) is 11.7 Å².